The van der Waals surface area contributed by atoms with Crippen molar-refractivity contribution in [2.45, 2.75) is 37.9 Å². The van der Waals surface area contributed by atoms with E-state index in [1.165, 1.54) is 4.57 Å². The van der Waals surface area contributed by atoms with E-state index < -0.39 is 17.0 Å². The van der Waals surface area contributed by atoms with Gasteiger partial charge in [0.15, 0.2) is 6.73 Å². The molecule has 4 rings (SSSR count). The number of fused-ring (bicyclic) bond motifs is 1. The van der Waals surface area contributed by atoms with Crippen molar-refractivity contribution in [2.24, 2.45) is 5.73 Å². The maximum Gasteiger partial charge on any atom is 0.340 e. The van der Waals surface area contributed by atoms with E-state index in [2.05, 4.69) is 0 Å². The molecule has 7 nitrogen and oxygen atoms in total. The minimum atomic E-state index is -1.39. The largest absolute Gasteiger partial charge is 0.440 e. The van der Waals surface area contributed by atoms with Crippen LogP contribution in [-0.2, 0) is 22.5 Å². The number of carbonyl (C=O) groups is 1. The van der Waals surface area contributed by atoms with Gasteiger partial charge in [-0.15, -0.1) is 0 Å². The first-order valence-corrected chi connectivity index (χ1v) is 11.2. The zero-order chi connectivity index (χ0) is 22.1. The smallest absolute Gasteiger partial charge is 0.340 e. The summed E-state index contributed by atoms with van der Waals surface area (Å²) >= 11 is 0. The maximum absolute atomic E-state index is 13.0. The Balaban J connectivity index is 1.58. The Morgan fingerprint density at radius 2 is 2.00 bits per heavy atom. The van der Waals surface area contributed by atoms with Crippen LogP contribution in [0.25, 0.3) is 10.8 Å². The van der Waals surface area contributed by atoms with Crippen LogP contribution in [0.1, 0.15) is 27.9 Å². The lowest BCUT2D eigenvalue weighted by Gasteiger charge is -2.16. The fourth-order valence-corrected chi connectivity index (χ4v) is 5.27. The molecule has 0 spiro atoms. The molecule has 8 heteroatoms. The summed E-state index contributed by atoms with van der Waals surface area (Å²) in [6.45, 7) is 4.83. The summed E-state index contributed by atoms with van der Waals surface area (Å²) in [5.41, 5.74) is 8.00. The quantitative estimate of drug-likeness (QED) is 0.617. The Morgan fingerprint density at radius 1 is 1.19 bits per heavy atom. The lowest BCUT2D eigenvalue weighted by atomic mass is 10.1. The summed E-state index contributed by atoms with van der Waals surface area (Å²) in [7, 11) is -1.39. The van der Waals surface area contributed by atoms with Crippen LogP contribution < -0.4 is 11.3 Å². The molecule has 2 heterocycles. The number of pyridine rings is 1. The minimum Gasteiger partial charge on any atom is -0.440 e. The van der Waals surface area contributed by atoms with Crippen molar-refractivity contribution in [1.82, 2.24) is 8.87 Å². The van der Waals surface area contributed by atoms with Gasteiger partial charge >= 0.3 is 5.97 Å². The molecule has 0 bridgehead atoms. The second kappa shape index (κ2) is 8.74. The molecule has 2 atom stereocenters. The summed E-state index contributed by atoms with van der Waals surface area (Å²) in [6, 6.07) is 12.4. The highest BCUT2D eigenvalue weighted by Gasteiger charge is 2.26. The molecule has 3 aromatic rings. The normalized spacial score (nSPS) is 17.7. The molecule has 1 aliphatic heterocycles. The highest BCUT2D eigenvalue weighted by atomic mass is 32.2. The Bertz CT molecular complexity index is 1240. The van der Waals surface area contributed by atoms with Crippen molar-refractivity contribution in [1.29, 1.82) is 0 Å². The Labute approximate surface area is 183 Å². The van der Waals surface area contributed by atoms with Crippen LogP contribution >= 0.6 is 0 Å². The SMILES string of the molecule is Cc1ccc(C(=O)OCn2ccc3c(S(=O)N4CC[C@@H](N)C4)cccc3c2=O)c(C)c1. The van der Waals surface area contributed by atoms with Crippen LogP contribution in [0.2, 0.25) is 0 Å². The third-order valence-corrected chi connectivity index (χ3v) is 7.06. The van der Waals surface area contributed by atoms with E-state index in [1.807, 2.05) is 30.3 Å². The standard InChI is InChI=1S/C23H25N3O4S/c1-15-6-7-18(16(2)12-15)23(28)30-14-25-10-9-19-20(22(25)27)4-3-5-21(19)31(29)26-11-8-17(24)13-26/h3-7,9-10,12,17H,8,11,13-14,24H2,1-2H3/t17-,31?/m1/s1. The molecule has 31 heavy (non-hydrogen) atoms. The molecule has 0 saturated carbocycles. The molecule has 2 aromatic carbocycles. The number of aromatic nitrogens is 1. The first-order valence-electron chi connectivity index (χ1n) is 10.1. The summed E-state index contributed by atoms with van der Waals surface area (Å²) in [4.78, 5) is 26.0. The second-order valence-corrected chi connectivity index (χ2v) is 9.33. The molecule has 162 valence electrons. The van der Waals surface area contributed by atoms with Crippen molar-refractivity contribution in [2.75, 3.05) is 13.1 Å². The van der Waals surface area contributed by atoms with Gasteiger partial charge in [-0.3, -0.25) is 9.36 Å². The highest BCUT2D eigenvalue weighted by molar-refractivity contribution is 7.83. The number of benzene rings is 2. The zero-order valence-electron chi connectivity index (χ0n) is 17.5. The number of esters is 1. The van der Waals surface area contributed by atoms with Crippen molar-refractivity contribution in [3.8, 4) is 0 Å². The van der Waals surface area contributed by atoms with Crippen LogP contribution in [0, 0.1) is 13.8 Å². The lowest BCUT2D eigenvalue weighted by Crippen LogP contribution is -2.28. The van der Waals surface area contributed by atoms with Gasteiger partial charge in [-0.25, -0.2) is 13.3 Å². The lowest BCUT2D eigenvalue weighted by molar-refractivity contribution is 0.0366. The summed E-state index contributed by atoms with van der Waals surface area (Å²) in [5, 5.41) is 1.06. The number of carbonyl (C=O) groups excluding carboxylic acids is 1. The molecular formula is C23H25N3O4S. The van der Waals surface area contributed by atoms with Gasteiger partial charge in [-0.05, 0) is 50.1 Å². The number of hydrogen-bond acceptors (Lipinski definition) is 5. The van der Waals surface area contributed by atoms with Gasteiger partial charge in [0.25, 0.3) is 5.56 Å². The van der Waals surface area contributed by atoms with Crippen LogP contribution in [0.3, 0.4) is 0 Å². The Kier molecular flexibility index (Phi) is 6.04. The molecule has 2 N–H and O–H groups in total. The average Bonchev–Trinajstić information content (AvgIpc) is 3.18. The van der Waals surface area contributed by atoms with Crippen LogP contribution in [0.15, 0.2) is 58.4 Å². The van der Waals surface area contributed by atoms with Gasteiger partial charge in [-0.2, -0.15) is 0 Å². The fourth-order valence-electron chi connectivity index (χ4n) is 3.84. The van der Waals surface area contributed by atoms with E-state index >= 15 is 0 Å². The van der Waals surface area contributed by atoms with E-state index in [0.29, 0.717) is 34.3 Å². The third kappa shape index (κ3) is 4.32. The Hall–Kier alpha value is -2.81. The zero-order valence-corrected chi connectivity index (χ0v) is 18.4. The van der Waals surface area contributed by atoms with E-state index in [4.69, 9.17) is 10.5 Å². The summed E-state index contributed by atoms with van der Waals surface area (Å²) in [6.07, 6.45) is 2.37. The van der Waals surface area contributed by atoms with Crippen LogP contribution in [0.5, 0.6) is 0 Å². The maximum atomic E-state index is 13.0. The number of ether oxygens (including phenoxy) is 1. The van der Waals surface area contributed by atoms with E-state index in [1.54, 1.807) is 36.5 Å². The number of nitrogens with zero attached hydrogens (tertiary/aromatic N) is 2. The highest BCUT2D eigenvalue weighted by Crippen LogP contribution is 2.23. The van der Waals surface area contributed by atoms with Crippen molar-refractivity contribution >= 4 is 27.7 Å². The monoisotopic (exact) mass is 439 g/mol. The molecule has 1 aliphatic rings. The molecule has 1 fully saturated rings. The van der Waals surface area contributed by atoms with Gasteiger partial charge in [0.2, 0.25) is 0 Å². The van der Waals surface area contributed by atoms with Crippen LogP contribution in [0.4, 0.5) is 0 Å². The van der Waals surface area contributed by atoms with Crippen molar-refractivity contribution in [3.63, 3.8) is 0 Å². The van der Waals surface area contributed by atoms with Crippen molar-refractivity contribution in [3.05, 3.63) is 75.7 Å². The molecule has 1 aromatic heterocycles. The van der Waals surface area contributed by atoms with E-state index in [-0.39, 0.29) is 18.3 Å². The predicted molar refractivity (Wildman–Crippen MR) is 120 cm³/mol. The van der Waals surface area contributed by atoms with Gasteiger partial charge in [0.1, 0.15) is 11.0 Å². The third-order valence-electron chi connectivity index (χ3n) is 5.53. The minimum absolute atomic E-state index is 0.0167. The van der Waals surface area contributed by atoms with Gasteiger partial charge in [0.05, 0.1) is 10.5 Å². The van der Waals surface area contributed by atoms with Gasteiger partial charge in [-0.1, -0.05) is 23.8 Å². The predicted octanol–water partition coefficient (Wildman–Crippen LogP) is 2.49. The number of hydrogen-bond donors (Lipinski definition) is 1. The van der Waals surface area contributed by atoms with Gasteiger partial charge < -0.3 is 10.5 Å². The first kappa shape index (κ1) is 21.4. The van der Waals surface area contributed by atoms with Crippen LogP contribution in [-0.4, -0.2) is 38.2 Å². The van der Waals surface area contributed by atoms with E-state index in [9.17, 15) is 13.8 Å². The van der Waals surface area contributed by atoms with Crippen molar-refractivity contribution < 1.29 is 13.7 Å². The summed E-state index contributed by atoms with van der Waals surface area (Å²) < 4.78 is 21.6. The van der Waals surface area contributed by atoms with Gasteiger partial charge in [0, 0.05) is 36.1 Å². The molecule has 1 saturated heterocycles. The fraction of sp³-hybridized carbons (Fsp3) is 0.304. The molecule has 0 amide bonds. The molecule has 1 unspecified atom stereocenters. The first-order chi connectivity index (χ1) is 14.8. The molecule has 0 aliphatic carbocycles. The Morgan fingerprint density at radius 3 is 2.71 bits per heavy atom. The van der Waals surface area contributed by atoms with E-state index in [0.717, 1.165) is 17.5 Å². The number of nitrogens with two attached hydrogens (primary N) is 1. The topological polar surface area (TPSA) is 94.6 Å². The molecular weight excluding hydrogens is 414 g/mol. The second-order valence-electron chi connectivity index (χ2n) is 7.87. The number of aryl methyl sites for hydroxylation is 2. The number of rotatable bonds is 5. The summed E-state index contributed by atoms with van der Waals surface area (Å²) in [5.74, 6) is -0.482. The average molecular weight is 440 g/mol. The molecule has 0 radical (unpaired) electrons.